The predicted octanol–water partition coefficient (Wildman–Crippen LogP) is 3.52. The van der Waals surface area contributed by atoms with Gasteiger partial charge in [-0.2, -0.15) is 5.10 Å². The Morgan fingerprint density at radius 2 is 1.48 bits per heavy atom. The van der Waals surface area contributed by atoms with Crippen LogP contribution in [0.3, 0.4) is 0 Å². The number of nitrogens with one attached hydrogen (secondary N) is 2. The number of H-pyrrole nitrogens is 2. The van der Waals surface area contributed by atoms with Crippen LogP contribution in [0.1, 0.15) is 52.4 Å². The molecule has 0 unspecified atom stereocenters. The molecule has 0 saturated heterocycles. The smallest absolute Gasteiger partial charge is 0.169 e. The molecule has 0 aliphatic heterocycles. The van der Waals surface area contributed by atoms with Gasteiger partial charge in [0, 0.05) is 11.8 Å². The molecular weight excluding hydrogens is 264 g/mol. The molecular formula is C15H28N6. The second kappa shape index (κ2) is 8.94. The molecule has 118 valence electrons. The van der Waals surface area contributed by atoms with Crippen molar-refractivity contribution in [2.24, 2.45) is 0 Å². The van der Waals surface area contributed by atoms with Crippen LogP contribution in [-0.4, -0.2) is 15.2 Å². The summed E-state index contributed by atoms with van der Waals surface area (Å²) in [6.45, 7) is 4.00. The van der Waals surface area contributed by atoms with Crippen LogP contribution in [-0.2, 0) is 0 Å². The first kappa shape index (κ1) is 16.9. The third-order valence-corrected chi connectivity index (χ3v) is 3.38. The van der Waals surface area contributed by atoms with Gasteiger partial charge in [-0.1, -0.05) is 52.4 Å². The summed E-state index contributed by atoms with van der Waals surface area (Å²) in [7, 11) is 0. The second-order valence-corrected chi connectivity index (χ2v) is 4.82. The normalized spacial score (nSPS) is 13.6. The third kappa shape index (κ3) is 4.73. The average molecular weight is 292 g/mol. The molecule has 21 heavy (non-hydrogen) atoms. The van der Waals surface area contributed by atoms with Crippen LogP contribution in [0.5, 0.6) is 0 Å². The van der Waals surface area contributed by atoms with Gasteiger partial charge < -0.3 is 22.2 Å². The topological polar surface area (TPSA) is 123 Å². The maximum Gasteiger partial charge on any atom is 0.169 e. The quantitative estimate of drug-likeness (QED) is 0.551. The third-order valence-electron chi connectivity index (χ3n) is 3.38. The van der Waals surface area contributed by atoms with Crippen molar-refractivity contribution in [3.05, 3.63) is 12.3 Å². The van der Waals surface area contributed by atoms with Gasteiger partial charge in [-0.25, -0.2) is 0 Å². The van der Waals surface area contributed by atoms with E-state index in [1.165, 1.54) is 38.5 Å². The Kier molecular flexibility index (Phi) is 7.21. The molecule has 6 heteroatoms. The lowest BCUT2D eigenvalue weighted by molar-refractivity contribution is 0.504. The molecule has 2 aromatic heterocycles. The van der Waals surface area contributed by atoms with Crippen LogP contribution in [0, 0.1) is 0 Å². The van der Waals surface area contributed by atoms with Crippen molar-refractivity contribution in [1.82, 2.24) is 15.2 Å². The largest absolute Gasteiger partial charge is 0.394 e. The number of hydrogen-bond acceptors (Lipinski definition) is 4. The Morgan fingerprint density at radius 1 is 0.952 bits per heavy atom. The molecule has 1 aliphatic carbocycles. The lowest BCUT2D eigenvalue weighted by Crippen LogP contribution is -1.93. The lowest BCUT2D eigenvalue weighted by atomic mass is 10.0. The SMILES string of the molecule is C1CCCCC1.CC.Nc1n[nH]c(-c2cc[nH]c2N)c1N. The Bertz CT molecular complexity index is 498. The first-order valence-corrected chi connectivity index (χ1v) is 7.72. The van der Waals surface area contributed by atoms with E-state index in [-0.39, 0.29) is 5.82 Å². The van der Waals surface area contributed by atoms with E-state index in [2.05, 4.69) is 15.2 Å². The highest BCUT2D eigenvalue weighted by Gasteiger charge is 2.11. The van der Waals surface area contributed by atoms with Crippen LogP contribution in [0.4, 0.5) is 17.3 Å². The number of anilines is 3. The van der Waals surface area contributed by atoms with Gasteiger partial charge in [0.2, 0.25) is 0 Å². The highest BCUT2D eigenvalue weighted by atomic mass is 15.2. The van der Waals surface area contributed by atoms with E-state index < -0.39 is 0 Å². The van der Waals surface area contributed by atoms with Crippen LogP contribution >= 0.6 is 0 Å². The van der Waals surface area contributed by atoms with E-state index in [0.29, 0.717) is 17.2 Å². The summed E-state index contributed by atoms with van der Waals surface area (Å²) in [5.74, 6) is 0.825. The van der Waals surface area contributed by atoms with Crippen LogP contribution < -0.4 is 17.2 Å². The van der Waals surface area contributed by atoms with E-state index in [4.69, 9.17) is 17.2 Å². The summed E-state index contributed by atoms with van der Waals surface area (Å²) in [6, 6.07) is 1.80. The summed E-state index contributed by atoms with van der Waals surface area (Å²) >= 11 is 0. The van der Waals surface area contributed by atoms with Crippen molar-refractivity contribution in [2.75, 3.05) is 17.2 Å². The second-order valence-electron chi connectivity index (χ2n) is 4.82. The number of nitrogens with zero attached hydrogens (tertiary/aromatic N) is 1. The maximum atomic E-state index is 5.67. The summed E-state index contributed by atoms with van der Waals surface area (Å²) in [5, 5.41) is 6.49. The first-order valence-electron chi connectivity index (χ1n) is 7.72. The summed E-state index contributed by atoms with van der Waals surface area (Å²) in [5.41, 5.74) is 18.7. The Labute approximate surface area is 126 Å². The highest BCUT2D eigenvalue weighted by molar-refractivity contribution is 5.84. The molecule has 1 fully saturated rings. The van der Waals surface area contributed by atoms with E-state index in [0.717, 1.165) is 5.56 Å². The van der Waals surface area contributed by atoms with Gasteiger partial charge >= 0.3 is 0 Å². The van der Waals surface area contributed by atoms with Crippen LogP contribution in [0.25, 0.3) is 11.3 Å². The van der Waals surface area contributed by atoms with Crippen molar-refractivity contribution in [1.29, 1.82) is 0 Å². The highest BCUT2D eigenvalue weighted by Crippen LogP contribution is 2.30. The molecule has 0 amide bonds. The van der Waals surface area contributed by atoms with Gasteiger partial charge in [0.05, 0.1) is 5.69 Å². The molecule has 6 nitrogen and oxygen atoms in total. The Morgan fingerprint density at radius 3 is 1.81 bits per heavy atom. The molecule has 1 aliphatic rings. The van der Waals surface area contributed by atoms with Crippen molar-refractivity contribution in [2.45, 2.75) is 52.4 Å². The minimum absolute atomic E-state index is 0.288. The average Bonchev–Trinajstić information content (AvgIpc) is 3.10. The minimum Gasteiger partial charge on any atom is -0.394 e. The van der Waals surface area contributed by atoms with Gasteiger partial charge in [-0.05, 0) is 6.07 Å². The van der Waals surface area contributed by atoms with Crippen molar-refractivity contribution >= 4 is 17.3 Å². The number of hydrogen-bond donors (Lipinski definition) is 5. The van der Waals surface area contributed by atoms with Crippen molar-refractivity contribution < 1.29 is 0 Å². The fraction of sp³-hybridized carbons (Fsp3) is 0.533. The van der Waals surface area contributed by atoms with Crippen molar-refractivity contribution in [3.63, 3.8) is 0 Å². The molecule has 0 bridgehead atoms. The van der Waals surface area contributed by atoms with Gasteiger partial charge in [0.15, 0.2) is 5.82 Å². The van der Waals surface area contributed by atoms with E-state index in [1.54, 1.807) is 12.3 Å². The molecule has 1 saturated carbocycles. The maximum absolute atomic E-state index is 5.67. The molecule has 0 spiro atoms. The molecule has 8 N–H and O–H groups in total. The van der Waals surface area contributed by atoms with E-state index >= 15 is 0 Å². The fourth-order valence-electron chi connectivity index (χ4n) is 2.23. The van der Waals surface area contributed by atoms with E-state index in [1.807, 2.05) is 13.8 Å². The molecule has 2 aromatic rings. The molecule has 0 atom stereocenters. The standard InChI is InChI=1S/C7H10N6.C6H12.C2H6/c8-4-5(12-13-7(4)10)3-1-2-11-6(3)9;1-2-4-6-5-3-1;1-2/h1-2,11H,8-9H2,(H3,10,12,13);1-6H2;1-2H3. The summed E-state index contributed by atoms with van der Waals surface area (Å²) in [6.07, 6.45) is 10.7. The molecule has 3 rings (SSSR count). The van der Waals surface area contributed by atoms with Gasteiger partial charge in [0.25, 0.3) is 0 Å². The number of nitrogens with two attached hydrogens (primary N) is 3. The Hall–Kier alpha value is -2.11. The fourth-order valence-corrected chi connectivity index (χ4v) is 2.23. The number of aromatic amines is 2. The Balaban J connectivity index is 0.000000231. The molecule has 2 heterocycles. The zero-order valence-corrected chi connectivity index (χ0v) is 13.1. The zero-order chi connectivity index (χ0) is 15.7. The van der Waals surface area contributed by atoms with Crippen molar-refractivity contribution in [3.8, 4) is 11.3 Å². The summed E-state index contributed by atoms with van der Waals surface area (Å²) in [4.78, 5) is 2.84. The zero-order valence-electron chi connectivity index (χ0n) is 13.1. The number of nitrogen functional groups attached to an aromatic ring is 3. The van der Waals surface area contributed by atoms with Gasteiger partial charge in [0.1, 0.15) is 11.5 Å². The minimum atomic E-state index is 0.288. The van der Waals surface area contributed by atoms with Gasteiger partial charge in [-0.3, -0.25) is 5.10 Å². The van der Waals surface area contributed by atoms with Crippen LogP contribution in [0.2, 0.25) is 0 Å². The lowest BCUT2D eigenvalue weighted by Gasteiger charge is -2.05. The number of rotatable bonds is 1. The first-order chi connectivity index (χ1) is 10.2. The van der Waals surface area contributed by atoms with Crippen LogP contribution in [0.15, 0.2) is 12.3 Å². The number of aromatic nitrogens is 3. The monoisotopic (exact) mass is 292 g/mol. The van der Waals surface area contributed by atoms with E-state index in [9.17, 15) is 0 Å². The van der Waals surface area contributed by atoms with Gasteiger partial charge in [-0.15, -0.1) is 0 Å². The summed E-state index contributed by atoms with van der Waals surface area (Å²) < 4.78 is 0. The predicted molar refractivity (Wildman–Crippen MR) is 90.7 cm³/mol. The molecule has 0 aromatic carbocycles. The molecule has 0 radical (unpaired) electrons.